The van der Waals surface area contributed by atoms with Gasteiger partial charge in [0.1, 0.15) is 11.4 Å². The SMILES string of the molecule is O=C(N[C@@H]1CCC[C@H](Nc2cc(C(F)(F)F)nc3ccccc23)C1)c1ccc(Oc2cccnc2)o1. The van der Waals surface area contributed by atoms with E-state index in [0.29, 0.717) is 23.2 Å². The summed E-state index contributed by atoms with van der Waals surface area (Å²) in [5, 5.41) is 6.86. The van der Waals surface area contributed by atoms with Gasteiger partial charge in [0, 0.05) is 35.4 Å². The van der Waals surface area contributed by atoms with E-state index in [9.17, 15) is 18.0 Å². The van der Waals surface area contributed by atoms with Crippen LogP contribution in [-0.2, 0) is 6.18 Å². The molecule has 4 aromatic rings. The van der Waals surface area contributed by atoms with E-state index in [1.54, 1.807) is 48.7 Å². The standard InChI is InChI=1S/C26H23F3N4O3/c27-26(28,29)23-14-21(19-8-1-2-9-20(19)33-23)31-16-5-3-6-17(13-16)32-25(34)22-10-11-24(36-22)35-18-7-4-12-30-15-18/h1-2,4,7-12,14-17H,3,5-6,13H2,(H,31,33)(H,32,34)/t16-,17+/m0/s1. The maximum Gasteiger partial charge on any atom is 0.433 e. The second kappa shape index (κ2) is 9.88. The molecule has 1 amide bonds. The van der Waals surface area contributed by atoms with Gasteiger partial charge in [-0.3, -0.25) is 9.78 Å². The molecule has 0 unspecified atom stereocenters. The van der Waals surface area contributed by atoms with Crippen molar-refractivity contribution >= 4 is 22.5 Å². The fraction of sp³-hybridized carbons (Fsp3) is 0.269. The van der Waals surface area contributed by atoms with Crippen LogP contribution in [-0.4, -0.2) is 28.0 Å². The summed E-state index contributed by atoms with van der Waals surface area (Å²) in [6, 6.07) is 14.0. The van der Waals surface area contributed by atoms with Crippen molar-refractivity contribution in [3.05, 3.63) is 78.4 Å². The molecule has 0 radical (unpaired) electrons. The number of hydrogen-bond acceptors (Lipinski definition) is 6. The number of hydrogen-bond donors (Lipinski definition) is 2. The van der Waals surface area contributed by atoms with Gasteiger partial charge in [0.2, 0.25) is 0 Å². The Kier molecular flexibility index (Phi) is 6.49. The molecule has 1 fully saturated rings. The lowest BCUT2D eigenvalue weighted by molar-refractivity contribution is -0.140. The number of benzene rings is 1. The Labute approximate surface area is 204 Å². The highest BCUT2D eigenvalue weighted by Crippen LogP contribution is 2.34. The maximum atomic E-state index is 13.4. The fourth-order valence-electron chi connectivity index (χ4n) is 4.39. The average Bonchev–Trinajstić information content (AvgIpc) is 3.33. The number of pyridine rings is 2. The summed E-state index contributed by atoms with van der Waals surface area (Å²) in [4.78, 5) is 20.5. The molecule has 0 aliphatic heterocycles. The number of aromatic nitrogens is 2. The Morgan fingerprint density at radius 1 is 1.06 bits per heavy atom. The zero-order chi connectivity index (χ0) is 25.1. The van der Waals surface area contributed by atoms with Crippen molar-refractivity contribution in [2.45, 2.75) is 43.9 Å². The third kappa shape index (κ3) is 5.42. The number of anilines is 1. The van der Waals surface area contributed by atoms with Gasteiger partial charge in [-0.2, -0.15) is 13.2 Å². The van der Waals surface area contributed by atoms with E-state index < -0.39 is 11.9 Å². The summed E-state index contributed by atoms with van der Waals surface area (Å²) in [6.07, 6.45) is 1.50. The van der Waals surface area contributed by atoms with Crippen LogP contribution >= 0.6 is 0 Å². The molecule has 7 nitrogen and oxygen atoms in total. The largest absolute Gasteiger partial charge is 0.433 e. The zero-order valence-corrected chi connectivity index (χ0v) is 19.1. The predicted molar refractivity (Wildman–Crippen MR) is 127 cm³/mol. The van der Waals surface area contributed by atoms with Gasteiger partial charge in [-0.25, -0.2) is 4.98 Å². The first-order valence-electron chi connectivity index (χ1n) is 11.6. The molecule has 186 valence electrons. The first kappa shape index (κ1) is 23.7. The number of ether oxygens (including phenoxy) is 1. The molecule has 36 heavy (non-hydrogen) atoms. The third-order valence-electron chi connectivity index (χ3n) is 6.03. The van der Waals surface area contributed by atoms with Crippen molar-refractivity contribution in [2.24, 2.45) is 0 Å². The number of nitrogens with zero attached hydrogens (tertiary/aromatic N) is 2. The number of carbonyl (C=O) groups is 1. The van der Waals surface area contributed by atoms with E-state index in [1.165, 1.54) is 12.3 Å². The first-order valence-corrected chi connectivity index (χ1v) is 11.6. The summed E-state index contributed by atoms with van der Waals surface area (Å²) in [7, 11) is 0. The van der Waals surface area contributed by atoms with E-state index in [-0.39, 0.29) is 35.2 Å². The highest BCUT2D eigenvalue weighted by Gasteiger charge is 2.34. The fourth-order valence-corrected chi connectivity index (χ4v) is 4.39. The summed E-state index contributed by atoms with van der Waals surface area (Å²) in [5.41, 5.74) is -0.280. The van der Waals surface area contributed by atoms with Crippen molar-refractivity contribution in [1.82, 2.24) is 15.3 Å². The Hall–Kier alpha value is -4.08. The summed E-state index contributed by atoms with van der Waals surface area (Å²) in [5.74, 6) is 0.382. The Balaban J connectivity index is 1.25. The first-order chi connectivity index (χ1) is 17.3. The van der Waals surface area contributed by atoms with Crippen LogP contribution < -0.4 is 15.4 Å². The number of fused-ring (bicyclic) bond motifs is 1. The van der Waals surface area contributed by atoms with Gasteiger partial charge in [0.25, 0.3) is 11.9 Å². The van der Waals surface area contributed by atoms with E-state index >= 15 is 0 Å². The highest BCUT2D eigenvalue weighted by molar-refractivity contribution is 5.92. The molecule has 1 aliphatic rings. The Morgan fingerprint density at radius 2 is 1.89 bits per heavy atom. The van der Waals surface area contributed by atoms with Crippen LogP contribution in [0, 0.1) is 0 Å². The smallest absolute Gasteiger partial charge is 0.424 e. The van der Waals surface area contributed by atoms with Crippen molar-refractivity contribution in [3.8, 4) is 11.7 Å². The molecule has 0 bridgehead atoms. The van der Waals surface area contributed by atoms with Crippen molar-refractivity contribution in [1.29, 1.82) is 0 Å². The minimum atomic E-state index is -4.55. The number of furan rings is 1. The lowest BCUT2D eigenvalue weighted by Gasteiger charge is -2.31. The molecule has 1 saturated carbocycles. The molecule has 10 heteroatoms. The van der Waals surface area contributed by atoms with Crippen LogP contribution in [0.2, 0.25) is 0 Å². The van der Waals surface area contributed by atoms with Gasteiger partial charge < -0.3 is 19.8 Å². The molecule has 5 rings (SSSR count). The Morgan fingerprint density at radius 3 is 2.69 bits per heavy atom. The molecule has 0 saturated heterocycles. The average molecular weight is 496 g/mol. The summed E-state index contributed by atoms with van der Waals surface area (Å²) in [6.45, 7) is 0. The number of rotatable bonds is 6. The van der Waals surface area contributed by atoms with Crippen molar-refractivity contribution < 1.29 is 27.1 Å². The molecule has 1 aliphatic carbocycles. The normalized spacial score (nSPS) is 18.1. The van der Waals surface area contributed by atoms with Gasteiger partial charge in [-0.05, 0) is 56.0 Å². The minimum absolute atomic E-state index is 0.110. The highest BCUT2D eigenvalue weighted by atomic mass is 19.4. The number of carbonyl (C=O) groups excluding carboxylic acids is 1. The van der Waals surface area contributed by atoms with Crippen molar-refractivity contribution in [3.63, 3.8) is 0 Å². The predicted octanol–water partition coefficient (Wildman–Crippen LogP) is 6.19. The summed E-state index contributed by atoms with van der Waals surface area (Å²) < 4.78 is 51.3. The lowest BCUT2D eigenvalue weighted by atomic mass is 9.90. The van der Waals surface area contributed by atoms with E-state index in [0.717, 1.165) is 25.3 Å². The zero-order valence-electron chi connectivity index (χ0n) is 19.1. The van der Waals surface area contributed by atoms with Crippen LogP contribution in [0.4, 0.5) is 18.9 Å². The minimum Gasteiger partial charge on any atom is -0.424 e. The van der Waals surface area contributed by atoms with Gasteiger partial charge >= 0.3 is 6.18 Å². The molecule has 2 N–H and O–H groups in total. The second-order valence-electron chi connectivity index (χ2n) is 8.66. The van der Waals surface area contributed by atoms with Crippen LogP contribution in [0.5, 0.6) is 11.7 Å². The Bertz CT molecular complexity index is 1360. The van der Waals surface area contributed by atoms with Crippen LogP contribution in [0.25, 0.3) is 10.9 Å². The second-order valence-corrected chi connectivity index (χ2v) is 8.66. The molecule has 3 heterocycles. The molecule has 2 atom stereocenters. The van der Waals surface area contributed by atoms with Crippen molar-refractivity contribution in [2.75, 3.05) is 5.32 Å². The van der Waals surface area contributed by atoms with Crippen LogP contribution in [0.15, 0.2) is 71.4 Å². The van der Waals surface area contributed by atoms with Crippen LogP contribution in [0.3, 0.4) is 0 Å². The number of para-hydroxylation sites is 1. The molecule has 0 spiro atoms. The van der Waals surface area contributed by atoms with Gasteiger partial charge in [-0.1, -0.05) is 18.2 Å². The van der Waals surface area contributed by atoms with E-state index in [2.05, 4.69) is 20.6 Å². The quantitative estimate of drug-likeness (QED) is 0.331. The topological polar surface area (TPSA) is 89.3 Å². The van der Waals surface area contributed by atoms with E-state index in [1.807, 2.05) is 0 Å². The van der Waals surface area contributed by atoms with E-state index in [4.69, 9.17) is 9.15 Å². The number of amides is 1. The van der Waals surface area contributed by atoms with Gasteiger partial charge in [0.15, 0.2) is 5.76 Å². The number of alkyl halides is 3. The number of nitrogens with one attached hydrogen (secondary N) is 2. The molecular formula is C26H23F3N4O3. The van der Waals surface area contributed by atoms with Crippen LogP contribution in [0.1, 0.15) is 41.9 Å². The monoisotopic (exact) mass is 496 g/mol. The molecule has 3 aromatic heterocycles. The maximum absolute atomic E-state index is 13.4. The number of halogens is 3. The van der Waals surface area contributed by atoms with Gasteiger partial charge in [0.05, 0.1) is 11.7 Å². The molecule has 1 aromatic carbocycles. The third-order valence-corrected chi connectivity index (χ3v) is 6.03. The summed E-state index contributed by atoms with van der Waals surface area (Å²) >= 11 is 0. The van der Waals surface area contributed by atoms with Gasteiger partial charge in [-0.15, -0.1) is 0 Å². The molecular weight excluding hydrogens is 473 g/mol. The lowest BCUT2D eigenvalue weighted by Crippen LogP contribution is -2.41.